The number of amides is 1. The number of piperazine rings is 1. The van der Waals surface area contributed by atoms with E-state index in [1.807, 2.05) is 12.3 Å². The van der Waals surface area contributed by atoms with Crippen LogP contribution in [0.25, 0.3) is 11.0 Å². The highest BCUT2D eigenvalue weighted by Crippen LogP contribution is 2.47. The molecule has 30 heavy (non-hydrogen) atoms. The van der Waals surface area contributed by atoms with Gasteiger partial charge in [-0.15, -0.1) is 0 Å². The Labute approximate surface area is 176 Å². The maximum absolute atomic E-state index is 13.4. The maximum atomic E-state index is 13.4. The van der Waals surface area contributed by atoms with Gasteiger partial charge in [-0.1, -0.05) is 0 Å². The van der Waals surface area contributed by atoms with Gasteiger partial charge >= 0.3 is 0 Å². The lowest BCUT2D eigenvalue weighted by Crippen LogP contribution is -2.60. The number of rotatable bonds is 6. The zero-order valence-corrected chi connectivity index (χ0v) is 17.9. The van der Waals surface area contributed by atoms with E-state index in [0.717, 1.165) is 48.9 Å². The second-order valence-electron chi connectivity index (χ2n) is 8.58. The third-order valence-electron chi connectivity index (χ3n) is 6.75. The van der Waals surface area contributed by atoms with Gasteiger partial charge in [0.05, 0.1) is 10.9 Å². The summed E-state index contributed by atoms with van der Waals surface area (Å²) in [5.74, 6) is 0.852. The van der Waals surface area contributed by atoms with E-state index >= 15 is 0 Å². The van der Waals surface area contributed by atoms with E-state index in [0.29, 0.717) is 32.7 Å². The highest BCUT2D eigenvalue weighted by atomic mass is 32.2. The lowest BCUT2D eigenvalue weighted by atomic mass is 10.2. The van der Waals surface area contributed by atoms with Crippen molar-refractivity contribution in [1.82, 2.24) is 28.5 Å². The van der Waals surface area contributed by atoms with Crippen molar-refractivity contribution >= 4 is 33.5 Å². The van der Waals surface area contributed by atoms with E-state index < -0.39 is 10.2 Å². The monoisotopic (exact) mass is 433 g/mol. The van der Waals surface area contributed by atoms with E-state index in [2.05, 4.69) is 19.9 Å². The van der Waals surface area contributed by atoms with Crippen LogP contribution in [0, 0.1) is 0 Å². The molecule has 1 amide bonds. The van der Waals surface area contributed by atoms with Crippen LogP contribution in [-0.2, 0) is 15.0 Å². The van der Waals surface area contributed by atoms with Crippen molar-refractivity contribution in [1.29, 1.82) is 0 Å². The van der Waals surface area contributed by atoms with Crippen LogP contribution in [0.5, 0.6) is 0 Å². The zero-order chi connectivity index (χ0) is 20.9. The highest BCUT2D eigenvalue weighted by Gasteiger charge is 2.57. The summed E-state index contributed by atoms with van der Waals surface area (Å²) >= 11 is 0. The predicted molar refractivity (Wildman–Crippen MR) is 112 cm³/mol. The Bertz CT molecular complexity index is 1050. The molecule has 10 nitrogen and oxygen atoms in total. The molecule has 3 aliphatic rings. The molecule has 0 bridgehead atoms. The quantitative estimate of drug-likeness (QED) is 0.662. The van der Waals surface area contributed by atoms with Crippen molar-refractivity contribution in [3.63, 3.8) is 0 Å². The van der Waals surface area contributed by atoms with Gasteiger partial charge in [-0.2, -0.15) is 17.0 Å². The molecular weight excluding hydrogens is 406 g/mol. The fraction of sp³-hybridized carbons (Fsp3) is 0.632. The first kappa shape index (κ1) is 19.7. The molecule has 1 saturated carbocycles. The number of fused-ring (bicyclic) bond motifs is 1. The van der Waals surface area contributed by atoms with Gasteiger partial charge in [0.25, 0.3) is 10.2 Å². The topological polar surface area (TPSA) is 106 Å². The number of likely N-dealkylation sites (N-methyl/N-ethyl adjacent to an activating group) is 1. The second kappa shape index (κ2) is 7.17. The number of hydrogen-bond donors (Lipinski definition) is 1. The van der Waals surface area contributed by atoms with Crippen molar-refractivity contribution in [3.05, 3.63) is 18.6 Å². The van der Waals surface area contributed by atoms with Crippen molar-refractivity contribution in [2.45, 2.75) is 37.3 Å². The summed E-state index contributed by atoms with van der Waals surface area (Å²) in [7, 11) is -1.97. The van der Waals surface area contributed by atoms with Gasteiger partial charge in [-0.3, -0.25) is 4.79 Å². The van der Waals surface area contributed by atoms with E-state index in [4.69, 9.17) is 0 Å². The van der Waals surface area contributed by atoms with Crippen LogP contribution in [0.3, 0.4) is 0 Å². The van der Waals surface area contributed by atoms with Gasteiger partial charge in [0.2, 0.25) is 6.41 Å². The molecule has 1 spiro atoms. The number of anilines is 1. The van der Waals surface area contributed by atoms with Crippen molar-refractivity contribution in [2.75, 3.05) is 44.7 Å². The van der Waals surface area contributed by atoms with Gasteiger partial charge in [-0.25, -0.2) is 9.97 Å². The number of aromatic amines is 1. The molecule has 2 aromatic heterocycles. The Balaban J connectivity index is 1.34. The summed E-state index contributed by atoms with van der Waals surface area (Å²) in [5, 5.41) is 0.955. The lowest BCUT2D eigenvalue weighted by Gasteiger charge is -2.43. The van der Waals surface area contributed by atoms with Gasteiger partial charge < -0.3 is 14.8 Å². The molecule has 0 unspecified atom stereocenters. The Morgan fingerprint density at radius 3 is 2.90 bits per heavy atom. The largest absolute Gasteiger partial charge is 0.353 e. The SMILES string of the molecule is CN(C[C@H]1CCCN1C=O)S(=O)(=O)N1CCN(c2ncnc3[nH]ccc23)CC12CC2. The zero-order valence-electron chi connectivity index (χ0n) is 17.1. The molecule has 0 aromatic carbocycles. The normalized spacial score (nSPS) is 24.3. The summed E-state index contributed by atoms with van der Waals surface area (Å²) in [6.45, 7) is 2.67. The standard InChI is InChI=1S/C19H27N7O3S/c1-23(11-15-3-2-8-25(15)14-27)30(28,29)26-10-9-24(12-19(26)5-6-19)18-16-4-7-20-17(16)21-13-22-18/h4,7,13-15H,2-3,5-6,8-12H2,1H3,(H,20,21,22)/t15-/m1/s1. The summed E-state index contributed by atoms with van der Waals surface area (Å²) < 4.78 is 30.0. The van der Waals surface area contributed by atoms with Gasteiger partial charge in [0, 0.05) is 52.0 Å². The van der Waals surface area contributed by atoms with Crippen LogP contribution in [0.4, 0.5) is 5.82 Å². The second-order valence-corrected chi connectivity index (χ2v) is 10.5. The number of carbonyl (C=O) groups is 1. The fourth-order valence-corrected chi connectivity index (χ4v) is 6.66. The first-order valence-electron chi connectivity index (χ1n) is 10.4. The van der Waals surface area contributed by atoms with Crippen LogP contribution in [-0.4, -0.2) is 94.6 Å². The molecular formula is C19H27N7O3S. The molecule has 3 fully saturated rings. The average molecular weight is 434 g/mol. The number of aromatic nitrogens is 3. The van der Waals surface area contributed by atoms with Gasteiger partial charge in [-0.05, 0) is 31.7 Å². The predicted octanol–water partition coefficient (Wildman–Crippen LogP) is 0.410. The Morgan fingerprint density at radius 2 is 2.13 bits per heavy atom. The maximum Gasteiger partial charge on any atom is 0.282 e. The molecule has 2 aliphatic heterocycles. The first-order chi connectivity index (χ1) is 14.4. The van der Waals surface area contributed by atoms with Crippen molar-refractivity contribution < 1.29 is 13.2 Å². The molecule has 11 heteroatoms. The molecule has 2 saturated heterocycles. The number of hydrogen-bond acceptors (Lipinski definition) is 6. The van der Waals surface area contributed by atoms with Crippen LogP contribution in [0.15, 0.2) is 18.6 Å². The number of carbonyl (C=O) groups excluding carboxylic acids is 1. The highest BCUT2D eigenvalue weighted by molar-refractivity contribution is 7.86. The Morgan fingerprint density at radius 1 is 1.30 bits per heavy atom. The van der Waals surface area contributed by atoms with E-state index in [-0.39, 0.29) is 11.6 Å². The first-order valence-corrected chi connectivity index (χ1v) is 11.8. The van der Waals surface area contributed by atoms with Gasteiger partial charge in [0.15, 0.2) is 0 Å². The number of nitrogens with zero attached hydrogens (tertiary/aromatic N) is 6. The minimum Gasteiger partial charge on any atom is -0.353 e. The lowest BCUT2D eigenvalue weighted by molar-refractivity contribution is -0.118. The van der Waals surface area contributed by atoms with Crippen LogP contribution in [0.1, 0.15) is 25.7 Å². The minimum absolute atomic E-state index is 0.0402. The summed E-state index contributed by atoms with van der Waals surface area (Å²) in [6.07, 6.45) is 7.69. The minimum atomic E-state index is -3.61. The van der Waals surface area contributed by atoms with E-state index in [9.17, 15) is 13.2 Å². The van der Waals surface area contributed by atoms with Crippen LogP contribution in [0.2, 0.25) is 0 Å². The smallest absolute Gasteiger partial charge is 0.282 e. The Hall–Kier alpha value is -2.24. The summed E-state index contributed by atoms with van der Waals surface area (Å²) in [4.78, 5) is 27.0. The van der Waals surface area contributed by atoms with Crippen LogP contribution >= 0.6 is 0 Å². The molecule has 1 atom stereocenters. The van der Waals surface area contributed by atoms with Crippen LogP contribution < -0.4 is 4.90 Å². The summed E-state index contributed by atoms with van der Waals surface area (Å²) in [6, 6.07) is 1.92. The van der Waals surface area contributed by atoms with Crippen molar-refractivity contribution in [2.24, 2.45) is 0 Å². The number of H-pyrrole nitrogens is 1. The molecule has 5 rings (SSSR count). The third-order valence-corrected chi connectivity index (χ3v) is 8.81. The van der Waals surface area contributed by atoms with E-state index in [1.165, 1.54) is 4.31 Å². The average Bonchev–Trinajstić information content (AvgIpc) is 3.15. The molecule has 4 heterocycles. The van der Waals surface area contributed by atoms with E-state index in [1.54, 1.807) is 22.6 Å². The third kappa shape index (κ3) is 3.15. The Kier molecular flexibility index (Phi) is 4.71. The summed E-state index contributed by atoms with van der Waals surface area (Å²) in [5.41, 5.74) is 0.412. The number of nitrogens with one attached hydrogen (secondary N) is 1. The number of likely N-dealkylation sites (tertiary alicyclic amines) is 1. The molecule has 1 N–H and O–H groups in total. The van der Waals surface area contributed by atoms with Gasteiger partial charge in [0.1, 0.15) is 17.8 Å². The molecule has 1 aliphatic carbocycles. The fourth-order valence-electron chi connectivity index (χ4n) is 4.92. The van der Waals surface area contributed by atoms with Crippen molar-refractivity contribution in [3.8, 4) is 0 Å². The molecule has 162 valence electrons. The molecule has 2 aromatic rings. The molecule has 0 radical (unpaired) electrons.